The number of nitrogens with two attached hydrogens (primary N) is 1. The van der Waals surface area contributed by atoms with Gasteiger partial charge >= 0.3 is 0 Å². The molecule has 0 spiro atoms. The smallest absolute Gasteiger partial charge is 0.0681 e. The minimum Gasteiger partial charge on any atom is -0.271 e. The van der Waals surface area contributed by atoms with E-state index in [0.717, 1.165) is 10.9 Å². The molecule has 0 bridgehead atoms. The Labute approximate surface area is 118 Å². The van der Waals surface area contributed by atoms with E-state index in [1.54, 1.807) is 0 Å². The number of hydrogen-bond donors (Lipinski definition) is 2. The van der Waals surface area contributed by atoms with Crippen LogP contribution in [0, 0.1) is 6.92 Å². The van der Waals surface area contributed by atoms with Gasteiger partial charge in [-0.2, -0.15) is 0 Å². The van der Waals surface area contributed by atoms with E-state index in [9.17, 15) is 0 Å². The van der Waals surface area contributed by atoms with E-state index in [0.29, 0.717) is 0 Å². The molecule has 1 aromatic rings. The van der Waals surface area contributed by atoms with Crippen LogP contribution in [0.15, 0.2) is 34.3 Å². The van der Waals surface area contributed by atoms with E-state index < -0.39 is 0 Å². The van der Waals surface area contributed by atoms with E-state index in [-0.39, 0.29) is 6.04 Å². The summed E-state index contributed by atoms with van der Waals surface area (Å²) >= 11 is 3.64. The SMILES string of the molecule is Cc1ccc(Br)c(C(NN)C2=CCCCCC2)c1. The molecule has 1 aliphatic carbocycles. The molecule has 1 unspecified atom stereocenters. The van der Waals surface area contributed by atoms with Gasteiger partial charge < -0.3 is 0 Å². The van der Waals surface area contributed by atoms with Crippen molar-refractivity contribution in [3.8, 4) is 0 Å². The van der Waals surface area contributed by atoms with Crippen molar-refractivity contribution in [2.24, 2.45) is 5.84 Å². The summed E-state index contributed by atoms with van der Waals surface area (Å²) in [5.41, 5.74) is 6.93. The van der Waals surface area contributed by atoms with Gasteiger partial charge in [0, 0.05) is 4.47 Å². The van der Waals surface area contributed by atoms with Crippen LogP contribution in [-0.2, 0) is 0 Å². The van der Waals surface area contributed by atoms with Crippen molar-refractivity contribution in [1.82, 2.24) is 5.43 Å². The fourth-order valence-electron chi connectivity index (χ4n) is 2.58. The molecule has 3 N–H and O–H groups in total. The Kier molecular flexibility index (Phi) is 4.98. The number of benzene rings is 1. The number of halogens is 1. The first-order valence-electron chi connectivity index (χ1n) is 6.63. The lowest BCUT2D eigenvalue weighted by Gasteiger charge is -2.21. The molecule has 3 heteroatoms. The zero-order valence-corrected chi connectivity index (χ0v) is 12.5. The Balaban J connectivity index is 2.32. The van der Waals surface area contributed by atoms with E-state index in [1.807, 2.05) is 0 Å². The van der Waals surface area contributed by atoms with Crippen LogP contribution in [0.1, 0.15) is 49.3 Å². The zero-order valence-electron chi connectivity index (χ0n) is 10.9. The average molecular weight is 309 g/mol. The standard InChI is InChI=1S/C15H21BrN2/c1-11-8-9-14(16)13(10-11)15(18-17)12-6-4-2-3-5-7-12/h6,8-10,15,18H,2-5,7,17H2,1H3. The maximum atomic E-state index is 5.79. The molecule has 0 radical (unpaired) electrons. The molecule has 2 rings (SSSR count). The molecule has 98 valence electrons. The Morgan fingerprint density at radius 2 is 2.11 bits per heavy atom. The summed E-state index contributed by atoms with van der Waals surface area (Å²) in [6.45, 7) is 2.12. The third-order valence-electron chi connectivity index (χ3n) is 3.58. The monoisotopic (exact) mass is 308 g/mol. The molecule has 0 aliphatic heterocycles. The van der Waals surface area contributed by atoms with Gasteiger partial charge in [-0.05, 0) is 44.2 Å². The topological polar surface area (TPSA) is 38.0 Å². The molecule has 18 heavy (non-hydrogen) atoms. The lowest BCUT2D eigenvalue weighted by atomic mass is 9.94. The second-order valence-electron chi connectivity index (χ2n) is 5.00. The van der Waals surface area contributed by atoms with Gasteiger partial charge in [-0.3, -0.25) is 5.84 Å². The molecule has 2 nitrogen and oxygen atoms in total. The summed E-state index contributed by atoms with van der Waals surface area (Å²) in [6, 6.07) is 6.56. The largest absolute Gasteiger partial charge is 0.271 e. The third kappa shape index (κ3) is 3.22. The van der Waals surface area contributed by atoms with Crippen molar-refractivity contribution in [3.05, 3.63) is 45.4 Å². The first kappa shape index (κ1) is 13.8. The number of rotatable bonds is 3. The van der Waals surface area contributed by atoms with Crippen LogP contribution in [-0.4, -0.2) is 0 Å². The van der Waals surface area contributed by atoms with Gasteiger partial charge in [0.05, 0.1) is 6.04 Å². The van der Waals surface area contributed by atoms with Crippen LogP contribution in [0.5, 0.6) is 0 Å². The van der Waals surface area contributed by atoms with Crippen molar-refractivity contribution in [2.75, 3.05) is 0 Å². The van der Waals surface area contributed by atoms with Gasteiger partial charge in [0.15, 0.2) is 0 Å². The number of nitrogens with one attached hydrogen (secondary N) is 1. The molecule has 0 fully saturated rings. The zero-order chi connectivity index (χ0) is 13.0. The highest BCUT2D eigenvalue weighted by Gasteiger charge is 2.18. The average Bonchev–Trinajstić information content (AvgIpc) is 2.64. The highest BCUT2D eigenvalue weighted by molar-refractivity contribution is 9.10. The molecule has 1 atom stereocenters. The molecular weight excluding hydrogens is 288 g/mol. The summed E-state index contributed by atoms with van der Waals surface area (Å²) in [6.07, 6.45) is 8.59. The van der Waals surface area contributed by atoms with E-state index in [4.69, 9.17) is 5.84 Å². The van der Waals surface area contributed by atoms with Gasteiger partial charge in [-0.1, -0.05) is 51.7 Å². The summed E-state index contributed by atoms with van der Waals surface area (Å²) in [5, 5.41) is 0. The van der Waals surface area contributed by atoms with Crippen LogP contribution in [0.2, 0.25) is 0 Å². The van der Waals surface area contributed by atoms with E-state index in [2.05, 4.69) is 52.6 Å². The molecule has 1 aromatic carbocycles. The molecule has 1 aliphatic rings. The second-order valence-corrected chi connectivity index (χ2v) is 5.86. The lowest BCUT2D eigenvalue weighted by molar-refractivity contribution is 0.591. The maximum Gasteiger partial charge on any atom is 0.0681 e. The minimum atomic E-state index is 0.136. The molecule has 0 saturated heterocycles. The number of hydrazine groups is 1. The van der Waals surface area contributed by atoms with Crippen LogP contribution < -0.4 is 11.3 Å². The van der Waals surface area contributed by atoms with E-state index >= 15 is 0 Å². The maximum absolute atomic E-state index is 5.79. The highest BCUT2D eigenvalue weighted by atomic mass is 79.9. The van der Waals surface area contributed by atoms with Gasteiger partial charge in [0.1, 0.15) is 0 Å². The lowest BCUT2D eigenvalue weighted by Crippen LogP contribution is -2.29. The van der Waals surface area contributed by atoms with Crippen molar-refractivity contribution in [1.29, 1.82) is 0 Å². The number of allylic oxidation sites excluding steroid dienone is 1. The van der Waals surface area contributed by atoms with Crippen molar-refractivity contribution in [3.63, 3.8) is 0 Å². The van der Waals surface area contributed by atoms with Gasteiger partial charge in [-0.15, -0.1) is 0 Å². The molecular formula is C15H21BrN2. The van der Waals surface area contributed by atoms with Crippen LogP contribution in [0.25, 0.3) is 0 Å². The van der Waals surface area contributed by atoms with Crippen molar-refractivity contribution >= 4 is 15.9 Å². The predicted octanol–water partition coefficient (Wildman–Crippen LogP) is 4.15. The Morgan fingerprint density at radius 3 is 2.89 bits per heavy atom. The quantitative estimate of drug-likeness (QED) is 0.500. The van der Waals surface area contributed by atoms with Gasteiger partial charge in [0.2, 0.25) is 0 Å². The number of aryl methyl sites for hydroxylation is 1. The Bertz CT molecular complexity index is 440. The van der Waals surface area contributed by atoms with Crippen molar-refractivity contribution < 1.29 is 0 Å². The highest BCUT2D eigenvalue weighted by Crippen LogP contribution is 2.33. The summed E-state index contributed by atoms with van der Waals surface area (Å²) in [7, 11) is 0. The van der Waals surface area contributed by atoms with E-state index in [1.165, 1.54) is 42.4 Å². The van der Waals surface area contributed by atoms with Gasteiger partial charge in [0.25, 0.3) is 0 Å². The molecule has 0 amide bonds. The Hall–Kier alpha value is -0.640. The van der Waals surface area contributed by atoms with Gasteiger partial charge in [-0.25, -0.2) is 5.43 Å². The number of hydrogen-bond acceptors (Lipinski definition) is 2. The van der Waals surface area contributed by atoms with Crippen LogP contribution >= 0.6 is 15.9 Å². The minimum absolute atomic E-state index is 0.136. The third-order valence-corrected chi connectivity index (χ3v) is 4.30. The summed E-state index contributed by atoms with van der Waals surface area (Å²) in [4.78, 5) is 0. The fraction of sp³-hybridized carbons (Fsp3) is 0.467. The molecule has 0 saturated carbocycles. The normalized spacial score (nSPS) is 18.1. The predicted molar refractivity (Wildman–Crippen MR) is 80.1 cm³/mol. The first-order valence-corrected chi connectivity index (χ1v) is 7.43. The van der Waals surface area contributed by atoms with Crippen molar-refractivity contribution in [2.45, 2.75) is 45.1 Å². The molecule has 0 aromatic heterocycles. The summed E-state index contributed by atoms with van der Waals surface area (Å²) < 4.78 is 1.13. The molecule has 0 heterocycles. The first-order chi connectivity index (χ1) is 8.72. The fourth-order valence-corrected chi connectivity index (χ4v) is 3.06. The van der Waals surface area contributed by atoms with Crippen LogP contribution in [0.4, 0.5) is 0 Å². The van der Waals surface area contributed by atoms with Crippen LogP contribution in [0.3, 0.4) is 0 Å². The Morgan fingerprint density at radius 1 is 1.28 bits per heavy atom. The second kappa shape index (κ2) is 6.50. The summed E-state index contributed by atoms with van der Waals surface area (Å²) in [5.74, 6) is 5.79.